The molecule has 2 aromatic heterocycles. The summed E-state index contributed by atoms with van der Waals surface area (Å²) in [6, 6.07) is 13.8. The minimum Gasteiger partial charge on any atom is -0.393 e. The Kier molecular flexibility index (Phi) is 7.47. The lowest BCUT2D eigenvalue weighted by molar-refractivity contribution is 0.0951. The number of amides is 1. The second-order valence-electron chi connectivity index (χ2n) is 8.13. The van der Waals surface area contributed by atoms with E-state index in [2.05, 4.69) is 20.5 Å². The molecule has 0 aliphatic carbocycles. The lowest BCUT2D eigenvalue weighted by Gasteiger charge is -2.31. The van der Waals surface area contributed by atoms with Crippen molar-refractivity contribution in [3.63, 3.8) is 0 Å². The van der Waals surface area contributed by atoms with E-state index in [0.29, 0.717) is 56.8 Å². The highest BCUT2D eigenvalue weighted by Crippen LogP contribution is 2.23. The maximum atomic E-state index is 13.5. The van der Waals surface area contributed by atoms with Crippen molar-refractivity contribution in [1.82, 2.24) is 15.3 Å². The van der Waals surface area contributed by atoms with Crippen molar-refractivity contribution in [2.75, 3.05) is 29.9 Å². The van der Waals surface area contributed by atoms with Crippen LogP contribution in [0.1, 0.15) is 34.3 Å². The summed E-state index contributed by atoms with van der Waals surface area (Å²) in [5.41, 5.74) is 2.22. The number of piperidine rings is 1. The summed E-state index contributed by atoms with van der Waals surface area (Å²) in [5, 5.41) is 16.0. The number of pyridine rings is 2. The molecule has 0 radical (unpaired) electrons. The number of anilines is 2. The molecule has 0 saturated carbocycles. The SMILES string of the molecule is O=C(NCc1cccnc1)c1ccc(N2CCC(O)CC2)nc1NCCc1cccc(F)c1. The van der Waals surface area contributed by atoms with Gasteiger partial charge in [-0.15, -0.1) is 0 Å². The smallest absolute Gasteiger partial charge is 0.255 e. The third-order valence-corrected chi connectivity index (χ3v) is 5.68. The molecule has 0 spiro atoms. The molecule has 8 heteroatoms. The molecule has 33 heavy (non-hydrogen) atoms. The van der Waals surface area contributed by atoms with Crippen LogP contribution in [0, 0.1) is 5.82 Å². The Morgan fingerprint density at radius 3 is 2.70 bits per heavy atom. The minimum atomic E-state index is -0.275. The third kappa shape index (κ3) is 6.26. The molecule has 1 aliphatic rings. The summed E-state index contributed by atoms with van der Waals surface area (Å²) >= 11 is 0. The second-order valence-corrected chi connectivity index (χ2v) is 8.13. The fourth-order valence-electron chi connectivity index (χ4n) is 3.84. The summed E-state index contributed by atoms with van der Waals surface area (Å²) in [6.07, 6.45) is 5.10. The average molecular weight is 450 g/mol. The zero-order valence-electron chi connectivity index (χ0n) is 18.4. The van der Waals surface area contributed by atoms with Crippen molar-refractivity contribution in [2.24, 2.45) is 0 Å². The van der Waals surface area contributed by atoms with Gasteiger partial charge in [-0.1, -0.05) is 18.2 Å². The Morgan fingerprint density at radius 1 is 1.12 bits per heavy atom. The van der Waals surface area contributed by atoms with E-state index in [1.54, 1.807) is 24.5 Å². The van der Waals surface area contributed by atoms with E-state index < -0.39 is 0 Å². The average Bonchev–Trinajstić information content (AvgIpc) is 2.84. The van der Waals surface area contributed by atoms with Crippen LogP contribution < -0.4 is 15.5 Å². The van der Waals surface area contributed by atoms with Crippen LogP contribution in [-0.4, -0.2) is 46.7 Å². The van der Waals surface area contributed by atoms with Crippen molar-refractivity contribution in [3.05, 3.63) is 83.4 Å². The summed E-state index contributed by atoms with van der Waals surface area (Å²) in [4.78, 5) is 23.9. The molecule has 4 rings (SSSR count). The Morgan fingerprint density at radius 2 is 1.94 bits per heavy atom. The predicted octanol–water partition coefficient (Wildman–Crippen LogP) is 3.16. The minimum absolute atomic E-state index is 0.236. The van der Waals surface area contributed by atoms with Gasteiger partial charge in [-0.2, -0.15) is 0 Å². The number of aliphatic hydroxyl groups is 1. The molecule has 1 saturated heterocycles. The maximum absolute atomic E-state index is 13.5. The molecular weight excluding hydrogens is 421 g/mol. The first kappa shape index (κ1) is 22.7. The number of nitrogens with one attached hydrogen (secondary N) is 2. The zero-order valence-corrected chi connectivity index (χ0v) is 18.4. The maximum Gasteiger partial charge on any atom is 0.255 e. The predicted molar refractivity (Wildman–Crippen MR) is 126 cm³/mol. The monoisotopic (exact) mass is 449 g/mol. The van der Waals surface area contributed by atoms with Crippen molar-refractivity contribution in [1.29, 1.82) is 0 Å². The van der Waals surface area contributed by atoms with E-state index in [1.807, 2.05) is 24.3 Å². The van der Waals surface area contributed by atoms with E-state index >= 15 is 0 Å². The number of benzene rings is 1. The fourth-order valence-corrected chi connectivity index (χ4v) is 3.84. The molecule has 1 fully saturated rings. The molecule has 3 aromatic rings. The number of nitrogens with zero attached hydrogens (tertiary/aromatic N) is 3. The number of aliphatic hydroxyl groups excluding tert-OH is 1. The van der Waals surface area contributed by atoms with Crippen LogP contribution in [0.25, 0.3) is 0 Å². The number of halogens is 1. The molecule has 1 amide bonds. The Hall–Kier alpha value is -3.52. The molecule has 0 atom stereocenters. The van der Waals surface area contributed by atoms with Crippen LogP contribution in [-0.2, 0) is 13.0 Å². The quantitative estimate of drug-likeness (QED) is 0.490. The molecule has 1 aliphatic heterocycles. The van der Waals surface area contributed by atoms with Gasteiger partial charge in [-0.25, -0.2) is 9.37 Å². The van der Waals surface area contributed by atoms with Crippen molar-refractivity contribution in [2.45, 2.75) is 31.9 Å². The van der Waals surface area contributed by atoms with Gasteiger partial charge in [0, 0.05) is 38.6 Å². The van der Waals surface area contributed by atoms with Crippen LogP contribution in [0.4, 0.5) is 16.0 Å². The van der Waals surface area contributed by atoms with Crippen LogP contribution in [0.15, 0.2) is 60.9 Å². The van der Waals surface area contributed by atoms with Gasteiger partial charge < -0.3 is 20.6 Å². The number of carbonyl (C=O) groups excluding carboxylic acids is 1. The van der Waals surface area contributed by atoms with Gasteiger partial charge in [0.15, 0.2) is 0 Å². The molecule has 172 valence electrons. The van der Waals surface area contributed by atoms with E-state index in [-0.39, 0.29) is 17.8 Å². The molecular formula is C25H28FN5O2. The van der Waals surface area contributed by atoms with Gasteiger partial charge in [0.05, 0.1) is 11.7 Å². The number of hydrogen-bond donors (Lipinski definition) is 3. The summed E-state index contributed by atoms with van der Waals surface area (Å²) in [5.74, 6) is 0.744. The van der Waals surface area contributed by atoms with Crippen LogP contribution >= 0.6 is 0 Å². The van der Waals surface area contributed by atoms with Crippen LogP contribution in [0.3, 0.4) is 0 Å². The summed E-state index contributed by atoms with van der Waals surface area (Å²) in [7, 11) is 0. The van der Waals surface area contributed by atoms with E-state index in [1.165, 1.54) is 12.1 Å². The van der Waals surface area contributed by atoms with E-state index in [9.17, 15) is 14.3 Å². The fraction of sp³-hybridized carbons (Fsp3) is 0.320. The lowest BCUT2D eigenvalue weighted by atomic mass is 10.1. The molecule has 3 heterocycles. The second kappa shape index (κ2) is 10.9. The topological polar surface area (TPSA) is 90.4 Å². The van der Waals surface area contributed by atoms with Crippen LogP contribution in [0.5, 0.6) is 0 Å². The molecule has 0 bridgehead atoms. The first-order chi connectivity index (χ1) is 16.1. The Labute approximate surface area is 192 Å². The van der Waals surface area contributed by atoms with Gasteiger partial charge in [-0.3, -0.25) is 9.78 Å². The third-order valence-electron chi connectivity index (χ3n) is 5.68. The van der Waals surface area contributed by atoms with Gasteiger partial charge in [-0.05, 0) is 60.7 Å². The highest BCUT2D eigenvalue weighted by atomic mass is 19.1. The Balaban J connectivity index is 1.49. The first-order valence-corrected chi connectivity index (χ1v) is 11.2. The standard InChI is InChI=1S/C25H28FN5O2/c26-20-5-1-3-18(15-20)8-12-28-24-22(25(33)29-17-19-4-2-11-27-16-19)6-7-23(30-24)31-13-9-21(32)10-14-31/h1-7,11,15-16,21,32H,8-10,12-14,17H2,(H,28,30)(H,29,33). The zero-order chi connectivity index (χ0) is 23.0. The molecule has 1 aromatic carbocycles. The van der Waals surface area contributed by atoms with Gasteiger partial charge in [0.2, 0.25) is 0 Å². The van der Waals surface area contributed by atoms with Crippen molar-refractivity contribution >= 4 is 17.5 Å². The summed E-state index contributed by atoms with van der Waals surface area (Å²) in [6.45, 7) is 2.29. The first-order valence-electron chi connectivity index (χ1n) is 11.2. The van der Waals surface area contributed by atoms with Crippen molar-refractivity contribution < 1.29 is 14.3 Å². The van der Waals surface area contributed by atoms with E-state index in [4.69, 9.17) is 4.98 Å². The Bertz CT molecular complexity index is 1070. The van der Waals surface area contributed by atoms with Crippen LogP contribution in [0.2, 0.25) is 0 Å². The number of carbonyl (C=O) groups is 1. The summed E-state index contributed by atoms with van der Waals surface area (Å²) < 4.78 is 13.5. The highest BCUT2D eigenvalue weighted by Gasteiger charge is 2.20. The molecule has 0 unspecified atom stereocenters. The van der Waals surface area contributed by atoms with Crippen molar-refractivity contribution in [3.8, 4) is 0 Å². The number of aromatic nitrogens is 2. The number of rotatable bonds is 8. The van der Waals surface area contributed by atoms with Gasteiger partial charge in [0.1, 0.15) is 17.5 Å². The largest absolute Gasteiger partial charge is 0.393 e. The number of hydrogen-bond acceptors (Lipinski definition) is 6. The van der Waals surface area contributed by atoms with Gasteiger partial charge >= 0.3 is 0 Å². The normalized spacial score (nSPS) is 14.2. The lowest BCUT2D eigenvalue weighted by Crippen LogP contribution is -2.36. The molecule has 7 nitrogen and oxygen atoms in total. The highest BCUT2D eigenvalue weighted by molar-refractivity contribution is 5.99. The van der Waals surface area contributed by atoms with Gasteiger partial charge in [0.25, 0.3) is 5.91 Å². The molecule has 3 N–H and O–H groups in total. The van der Waals surface area contributed by atoms with E-state index in [0.717, 1.165) is 16.9 Å².